The van der Waals surface area contributed by atoms with Crippen molar-refractivity contribution in [3.05, 3.63) is 23.4 Å². The molecule has 78 valence electrons. The van der Waals surface area contributed by atoms with E-state index >= 15 is 0 Å². The normalized spacial score (nSPS) is 19.9. The molecule has 1 aromatic rings. The minimum Gasteiger partial charge on any atom is -0.379 e. The number of ether oxygens (including phenoxy) is 1. The summed E-state index contributed by atoms with van der Waals surface area (Å²) in [6.45, 7) is 3.39. The Labute approximate surface area is 88.9 Å². The predicted octanol–water partition coefficient (Wildman–Crippen LogP) is 1.46. The van der Waals surface area contributed by atoms with Gasteiger partial charge >= 0.3 is 0 Å². The molecule has 15 heavy (non-hydrogen) atoms. The lowest BCUT2D eigenvalue weighted by Gasteiger charge is -2.13. The minimum atomic E-state index is 0.284. The van der Waals surface area contributed by atoms with Gasteiger partial charge in [0.05, 0.1) is 18.2 Å². The molecule has 1 fully saturated rings. The van der Waals surface area contributed by atoms with E-state index in [1.54, 1.807) is 6.20 Å². The van der Waals surface area contributed by atoms with E-state index in [4.69, 9.17) is 10.00 Å². The first-order valence-electron chi connectivity index (χ1n) is 5.01. The maximum Gasteiger partial charge on any atom is 0.144 e. The van der Waals surface area contributed by atoms with Gasteiger partial charge in [-0.1, -0.05) is 0 Å². The van der Waals surface area contributed by atoms with Crippen LogP contribution < -0.4 is 5.32 Å². The van der Waals surface area contributed by atoms with Crippen LogP contribution in [-0.4, -0.2) is 24.2 Å². The van der Waals surface area contributed by atoms with Crippen LogP contribution in [0.1, 0.15) is 17.5 Å². The van der Waals surface area contributed by atoms with E-state index in [1.165, 1.54) is 0 Å². The summed E-state index contributed by atoms with van der Waals surface area (Å²) in [5.74, 6) is 0.674. The topological polar surface area (TPSA) is 57.9 Å². The lowest BCUT2D eigenvalue weighted by molar-refractivity contribution is 0.195. The van der Waals surface area contributed by atoms with E-state index in [0.29, 0.717) is 18.0 Å². The Balaban J connectivity index is 2.20. The molecule has 0 saturated carbocycles. The zero-order chi connectivity index (χ0) is 10.7. The molecule has 0 aliphatic carbocycles. The van der Waals surface area contributed by atoms with Crippen molar-refractivity contribution in [3.63, 3.8) is 0 Å². The first kappa shape index (κ1) is 9.94. The van der Waals surface area contributed by atoms with Crippen molar-refractivity contribution in [2.24, 2.45) is 0 Å². The van der Waals surface area contributed by atoms with Crippen LogP contribution in [0.4, 0.5) is 5.82 Å². The molecule has 4 nitrogen and oxygen atoms in total. The molecule has 1 aliphatic heterocycles. The van der Waals surface area contributed by atoms with Gasteiger partial charge in [-0.2, -0.15) is 5.26 Å². The summed E-state index contributed by atoms with van der Waals surface area (Å²) in [6.07, 6.45) is 2.69. The third-order valence-corrected chi connectivity index (χ3v) is 2.54. The fourth-order valence-electron chi connectivity index (χ4n) is 1.65. The molecule has 1 aliphatic rings. The van der Waals surface area contributed by atoms with Gasteiger partial charge in [0, 0.05) is 12.8 Å². The zero-order valence-electron chi connectivity index (χ0n) is 8.66. The van der Waals surface area contributed by atoms with Crippen molar-refractivity contribution in [1.82, 2.24) is 4.98 Å². The number of hydrogen-bond donors (Lipinski definition) is 1. The Kier molecular flexibility index (Phi) is 2.84. The molecular formula is C11H13N3O. The number of anilines is 1. The van der Waals surface area contributed by atoms with Gasteiger partial charge in [0.1, 0.15) is 11.9 Å². The number of rotatable bonds is 2. The highest BCUT2D eigenvalue weighted by atomic mass is 16.5. The minimum absolute atomic E-state index is 0.284. The fraction of sp³-hybridized carbons (Fsp3) is 0.455. The summed E-state index contributed by atoms with van der Waals surface area (Å²) < 4.78 is 5.26. The van der Waals surface area contributed by atoms with Crippen molar-refractivity contribution in [1.29, 1.82) is 5.26 Å². The average Bonchev–Trinajstić information content (AvgIpc) is 2.71. The number of nitriles is 1. The summed E-state index contributed by atoms with van der Waals surface area (Å²) in [6, 6.07) is 4.30. The quantitative estimate of drug-likeness (QED) is 0.790. The van der Waals surface area contributed by atoms with Crippen molar-refractivity contribution in [2.45, 2.75) is 19.4 Å². The second-order valence-corrected chi connectivity index (χ2v) is 3.67. The molecule has 0 amide bonds. The molecule has 0 radical (unpaired) electrons. The number of aryl methyl sites for hydroxylation is 1. The third-order valence-electron chi connectivity index (χ3n) is 2.54. The van der Waals surface area contributed by atoms with Gasteiger partial charge < -0.3 is 10.1 Å². The molecule has 0 bridgehead atoms. The highest BCUT2D eigenvalue weighted by Gasteiger charge is 2.17. The van der Waals surface area contributed by atoms with Crippen LogP contribution >= 0.6 is 0 Å². The van der Waals surface area contributed by atoms with E-state index in [-0.39, 0.29) is 6.04 Å². The first-order valence-corrected chi connectivity index (χ1v) is 5.01. The number of nitrogens with one attached hydrogen (secondary N) is 1. The fourth-order valence-corrected chi connectivity index (χ4v) is 1.65. The summed E-state index contributed by atoms with van der Waals surface area (Å²) in [7, 11) is 0. The van der Waals surface area contributed by atoms with Gasteiger partial charge in [-0.05, 0) is 25.0 Å². The molecule has 1 atom stereocenters. The van der Waals surface area contributed by atoms with Crippen LogP contribution in [0.25, 0.3) is 0 Å². The highest BCUT2D eigenvalue weighted by Crippen LogP contribution is 2.18. The van der Waals surface area contributed by atoms with Crippen LogP contribution in [0.2, 0.25) is 0 Å². The summed E-state index contributed by atoms with van der Waals surface area (Å²) in [5, 5.41) is 12.3. The summed E-state index contributed by atoms with van der Waals surface area (Å²) in [4.78, 5) is 4.18. The predicted molar refractivity (Wildman–Crippen MR) is 56.5 cm³/mol. The van der Waals surface area contributed by atoms with E-state index in [9.17, 15) is 0 Å². The van der Waals surface area contributed by atoms with Gasteiger partial charge in [0.2, 0.25) is 0 Å². The van der Waals surface area contributed by atoms with E-state index in [2.05, 4.69) is 16.4 Å². The van der Waals surface area contributed by atoms with Crippen LogP contribution in [0.15, 0.2) is 12.3 Å². The van der Waals surface area contributed by atoms with E-state index < -0.39 is 0 Å². The van der Waals surface area contributed by atoms with Crippen LogP contribution in [0, 0.1) is 18.3 Å². The Bertz CT molecular complexity index is 391. The Morgan fingerprint density at radius 3 is 3.20 bits per heavy atom. The van der Waals surface area contributed by atoms with Crippen molar-refractivity contribution in [2.75, 3.05) is 18.5 Å². The number of hydrogen-bond acceptors (Lipinski definition) is 4. The number of aromatic nitrogens is 1. The molecule has 1 unspecified atom stereocenters. The van der Waals surface area contributed by atoms with Crippen molar-refractivity contribution >= 4 is 5.82 Å². The van der Waals surface area contributed by atoms with E-state index in [0.717, 1.165) is 18.6 Å². The number of pyridine rings is 1. The maximum atomic E-state index is 9.01. The molecule has 2 heterocycles. The Morgan fingerprint density at radius 2 is 2.53 bits per heavy atom. The summed E-state index contributed by atoms with van der Waals surface area (Å²) >= 11 is 0. The molecule has 4 heteroatoms. The van der Waals surface area contributed by atoms with Crippen LogP contribution in [0.5, 0.6) is 0 Å². The SMILES string of the molecule is Cc1ccnc(NC2CCOC2)c1C#N. The second kappa shape index (κ2) is 4.28. The van der Waals surface area contributed by atoms with E-state index in [1.807, 2.05) is 13.0 Å². The highest BCUT2D eigenvalue weighted by molar-refractivity contribution is 5.55. The van der Waals surface area contributed by atoms with Gasteiger partial charge in [0.25, 0.3) is 0 Å². The Morgan fingerprint density at radius 1 is 1.67 bits per heavy atom. The van der Waals surface area contributed by atoms with Crippen LogP contribution in [-0.2, 0) is 4.74 Å². The van der Waals surface area contributed by atoms with Crippen LogP contribution in [0.3, 0.4) is 0 Å². The standard InChI is InChI=1S/C11H13N3O/c1-8-2-4-13-11(10(8)6-12)14-9-3-5-15-7-9/h2,4,9H,3,5,7H2,1H3,(H,13,14). The second-order valence-electron chi connectivity index (χ2n) is 3.67. The smallest absolute Gasteiger partial charge is 0.144 e. The molecule has 0 aromatic carbocycles. The number of nitrogens with zero attached hydrogens (tertiary/aromatic N) is 2. The van der Waals surface area contributed by atoms with Gasteiger partial charge in [-0.3, -0.25) is 0 Å². The molecular weight excluding hydrogens is 190 g/mol. The average molecular weight is 203 g/mol. The third kappa shape index (κ3) is 2.08. The largest absolute Gasteiger partial charge is 0.379 e. The summed E-state index contributed by atoms with van der Waals surface area (Å²) in [5.41, 5.74) is 1.58. The zero-order valence-corrected chi connectivity index (χ0v) is 8.66. The Hall–Kier alpha value is -1.60. The lowest BCUT2D eigenvalue weighted by atomic mass is 10.1. The molecule has 1 saturated heterocycles. The molecule has 1 aromatic heterocycles. The molecule has 1 N–H and O–H groups in total. The molecule has 0 spiro atoms. The lowest BCUT2D eigenvalue weighted by Crippen LogP contribution is -2.20. The van der Waals surface area contributed by atoms with Gasteiger partial charge in [0.15, 0.2) is 0 Å². The molecule has 2 rings (SSSR count). The van der Waals surface area contributed by atoms with Crippen molar-refractivity contribution in [3.8, 4) is 6.07 Å². The van der Waals surface area contributed by atoms with Gasteiger partial charge in [-0.15, -0.1) is 0 Å². The maximum absolute atomic E-state index is 9.01. The van der Waals surface area contributed by atoms with Gasteiger partial charge in [-0.25, -0.2) is 4.98 Å². The first-order chi connectivity index (χ1) is 7.31. The van der Waals surface area contributed by atoms with Crippen molar-refractivity contribution < 1.29 is 4.74 Å². The monoisotopic (exact) mass is 203 g/mol.